The summed E-state index contributed by atoms with van der Waals surface area (Å²) in [5.41, 5.74) is 0.974. The fourth-order valence-corrected chi connectivity index (χ4v) is 4.71. The third-order valence-corrected chi connectivity index (χ3v) is 6.62. The molecule has 0 saturated heterocycles. The number of halogens is 4. The number of carbonyl (C=O) groups is 1. The fourth-order valence-electron chi connectivity index (χ4n) is 4.46. The topological polar surface area (TPSA) is 91.3 Å². The summed E-state index contributed by atoms with van der Waals surface area (Å²) >= 11 is 6.14. The first-order valence-electron chi connectivity index (χ1n) is 11.1. The molecule has 1 aromatic carbocycles. The summed E-state index contributed by atoms with van der Waals surface area (Å²) in [5.74, 6) is -1.02. The second-order valence-corrected chi connectivity index (χ2v) is 8.96. The van der Waals surface area contributed by atoms with Crippen LogP contribution in [-0.4, -0.2) is 26.8 Å². The normalized spacial score (nSPS) is 14.8. The lowest BCUT2D eigenvalue weighted by Crippen LogP contribution is -2.29. The molecule has 1 aliphatic rings. The van der Waals surface area contributed by atoms with Crippen LogP contribution in [-0.2, 0) is 7.05 Å². The van der Waals surface area contributed by atoms with Crippen molar-refractivity contribution in [3.8, 4) is 17.1 Å². The van der Waals surface area contributed by atoms with Crippen LogP contribution in [0.25, 0.3) is 11.3 Å². The molecule has 1 aliphatic carbocycles. The number of benzene rings is 1. The lowest BCUT2D eigenvalue weighted by atomic mass is 9.96. The molecule has 0 unspecified atom stereocenters. The summed E-state index contributed by atoms with van der Waals surface area (Å²) in [5, 5.41) is 6.40. The largest absolute Gasteiger partial charge is 0.573 e. The first-order chi connectivity index (χ1) is 16.5. The standard InChI is InChI=1S/C23H24ClF3N4O4/c1-12-18(29-35-20(12)16-10-9-15(11-17(16)24)34-23(25,26)27)21(32)28-19-13(2)30(3)31(22(19)33)14-7-5-4-6-8-14/h9-11,14H,4-8H2,1-3H3,(H,28,32). The van der Waals surface area contributed by atoms with Gasteiger partial charge in [0.1, 0.15) is 11.4 Å². The van der Waals surface area contributed by atoms with Gasteiger partial charge in [-0.05, 0) is 44.9 Å². The van der Waals surface area contributed by atoms with E-state index in [2.05, 4.69) is 15.2 Å². The van der Waals surface area contributed by atoms with E-state index >= 15 is 0 Å². The zero-order chi connectivity index (χ0) is 25.5. The van der Waals surface area contributed by atoms with E-state index < -0.39 is 18.0 Å². The van der Waals surface area contributed by atoms with E-state index in [1.807, 2.05) is 0 Å². The average molecular weight is 513 g/mol. The number of carbonyl (C=O) groups excluding carboxylic acids is 1. The van der Waals surface area contributed by atoms with E-state index in [0.29, 0.717) is 11.3 Å². The molecule has 0 radical (unpaired) electrons. The quantitative estimate of drug-likeness (QED) is 0.468. The van der Waals surface area contributed by atoms with Gasteiger partial charge in [0.2, 0.25) is 0 Å². The smallest absolute Gasteiger partial charge is 0.406 e. The van der Waals surface area contributed by atoms with E-state index in [-0.39, 0.29) is 39.3 Å². The van der Waals surface area contributed by atoms with Crippen molar-refractivity contribution >= 4 is 23.2 Å². The third kappa shape index (κ3) is 4.95. The third-order valence-electron chi connectivity index (χ3n) is 6.31. The molecule has 8 nitrogen and oxygen atoms in total. The van der Waals surface area contributed by atoms with Gasteiger partial charge in [0.05, 0.1) is 16.8 Å². The highest BCUT2D eigenvalue weighted by Crippen LogP contribution is 2.36. The molecule has 12 heteroatoms. The van der Waals surface area contributed by atoms with Crippen molar-refractivity contribution in [1.29, 1.82) is 0 Å². The molecule has 0 bridgehead atoms. The summed E-state index contributed by atoms with van der Waals surface area (Å²) in [6, 6.07) is 3.44. The minimum Gasteiger partial charge on any atom is -0.406 e. The van der Waals surface area contributed by atoms with Crippen LogP contribution in [0, 0.1) is 13.8 Å². The second-order valence-electron chi connectivity index (χ2n) is 8.55. The van der Waals surface area contributed by atoms with Gasteiger partial charge in [-0.2, -0.15) is 0 Å². The van der Waals surface area contributed by atoms with Crippen molar-refractivity contribution in [3.05, 3.63) is 50.5 Å². The molecule has 1 fully saturated rings. The van der Waals surface area contributed by atoms with Crippen LogP contribution in [0.5, 0.6) is 5.75 Å². The monoisotopic (exact) mass is 512 g/mol. The van der Waals surface area contributed by atoms with Gasteiger partial charge in [0.15, 0.2) is 11.5 Å². The zero-order valence-corrected chi connectivity index (χ0v) is 20.1. The first kappa shape index (κ1) is 24.9. The second kappa shape index (κ2) is 9.44. The van der Waals surface area contributed by atoms with Gasteiger partial charge < -0.3 is 14.6 Å². The van der Waals surface area contributed by atoms with Crippen molar-refractivity contribution in [2.75, 3.05) is 5.32 Å². The maximum absolute atomic E-state index is 13.1. The molecule has 1 saturated carbocycles. The Kier molecular flexibility index (Phi) is 6.72. The highest BCUT2D eigenvalue weighted by atomic mass is 35.5. The van der Waals surface area contributed by atoms with Crippen molar-refractivity contribution in [3.63, 3.8) is 0 Å². The van der Waals surface area contributed by atoms with Crippen LogP contribution in [0.3, 0.4) is 0 Å². The molecule has 1 N–H and O–H groups in total. The molecule has 1 amide bonds. The van der Waals surface area contributed by atoms with Gasteiger partial charge in [-0.15, -0.1) is 13.2 Å². The van der Waals surface area contributed by atoms with Crippen LogP contribution in [0.15, 0.2) is 27.5 Å². The van der Waals surface area contributed by atoms with Gasteiger partial charge in [-0.1, -0.05) is 36.0 Å². The number of anilines is 1. The van der Waals surface area contributed by atoms with E-state index in [1.54, 1.807) is 30.3 Å². The highest BCUT2D eigenvalue weighted by molar-refractivity contribution is 6.33. The van der Waals surface area contributed by atoms with E-state index in [9.17, 15) is 22.8 Å². The number of aromatic nitrogens is 3. The minimum atomic E-state index is -4.86. The van der Waals surface area contributed by atoms with Gasteiger partial charge in [0.25, 0.3) is 11.5 Å². The van der Waals surface area contributed by atoms with Crippen LogP contribution < -0.4 is 15.6 Å². The Labute approximate surface area is 203 Å². The SMILES string of the molecule is Cc1c(C(=O)Nc2c(C)n(C)n(C3CCCCC3)c2=O)noc1-c1ccc(OC(F)(F)F)cc1Cl. The molecule has 3 aromatic rings. The van der Waals surface area contributed by atoms with Crippen molar-refractivity contribution in [1.82, 2.24) is 14.5 Å². The number of nitrogens with zero attached hydrogens (tertiary/aromatic N) is 3. The number of ether oxygens (including phenoxy) is 1. The molecule has 4 rings (SSSR count). The molecule has 0 aliphatic heterocycles. The number of hydrogen-bond acceptors (Lipinski definition) is 5. The Hall–Kier alpha value is -3.21. The van der Waals surface area contributed by atoms with Crippen LogP contribution in [0.4, 0.5) is 18.9 Å². The predicted molar refractivity (Wildman–Crippen MR) is 123 cm³/mol. The number of hydrogen-bond donors (Lipinski definition) is 1. The van der Waals surface area contributed by atoms with Crippen LogP contribution >= 0.6 is 11.6 Å². The fraction of sp³-hybridized carbons (Fsp3) is 0.435. The zero-order valence-electron chi connectivity index (χ0n) is 19.3. The molecular weight excluding hydrogens is 489 g/mol. The van der Waals surface area contributed by atoms with Gasteiger partial charge in [0, 0.05) is 18.2 Å². The average Bonchev–Trinajstić information content (AvgIpc) is 3.26. The first-order valence-corrected chi connectivity index (χ1v) is 11.5. The Bertz CT molecular complexity index is 1320. The van der Waals surface area contributed by atoms with Crippen LogP contribution in [0.2, 0.25) is 5.02 Å². The van der Waals surface area contributed by atoms with Crippen LogP contribution in [0.1, 0.15) is 59.9 Å². The molecule has 188 valence electrons. The van der Waals surface area contributed by atoms with Gasteiger partial charge >= 0.3 is 6.36 Å². The van der Waals surface area contributed by atoms with Gasteiger partial charge in [-0.25, -0.2) is 4.68 Å². The van der Waals surface area contributed by atoms with Crippen molar-refractivity contribution in [2.45, 2.75) is 58.4 Å². The maximum Gasteiger partial charge on any atom is 0.573 e. The van der Waals surface area contributed by atoms with Gasteiger partial charge in [-0.3, -0.25) is 14.3 Å². The number of alkyl halides is 3. The molecule has 2 aromatic heterocycles. The highest BCUT2D eigenvalue weighted by Gasteiger charge is 2.32. The number of rotatable bonds is 5. The summed E-state index contributed by atoms with van der Waals surface area (Å²) in [4.78, 5) is 26.1. The van der Waals surface area contributed by atoms with Crippen molar-refractivity contribution < 1.29 is 27.2 Å². The maximum atomic E-state index is 13.1. The summed E-state index contributed by atoms with van der Waals surface area (Å²) in [6.45, 7) is 3.32. The summed E-state index contributed by atoms with van der Waals surface area (Å²) in [6.07, 6.45) is 0.205. The summed E-state index contributed by atoms with van der Waals surface area (Å²) < 4.78 is 50.0. The molecule has 2 heterocycles. The Balaban J connectivity index is 1.59. The molecule has 35 heavy (non-hydrogen) atoms. The number of amides is 1. The minimum absolute atomic E-state index is 0.0708. The molecule has 0 spiro atoms. The number of nitrogens with one attached hydrogen (secondary N) is 1. The lowest BCUT2D eigenvalue weighted by Gasteiger charge is -2.24. The Morgan fingerprint density at radius 2 is 1.91 bits per heavy atom. The molecular formula is C23H24ClF3N4O4. The molecule has 0 atom stereocenters. The Morgan fingerprint density at radius 1 is 1.23 bits per heavy atom. The van der Waals surface area contributed by atoms with E-state index in [0.717, 1.165) is 44.2 Å². The van der Waals surface area contributed by atoms with Crippen molar-refractivity contribution in [2.24, 2.45) is 7.05 Å². The lowest BCUT2D eigenvalue weighted by molar-refractivity contribution is -0.274. The van der Waals surface area contributed by atoms with E-state index in [4.69, 9.17) is 16.1 Å². The predicted octanol–water partition coefficient (Wildman–Crippen LogP) is 5.77. The summed E-state index contributed by atoms with van der Waals surface area (Å²) in [7, 11) is 1.79. The van der Waals surface area contributed by atoms with E-state index in [1.165, 1.54) is 6.07 Å². The Morgan fingerprint density at radius 3 is 2.54 bits per heavy atom.